The third-order valence-electron chi connectivity index (χ3n) is 2.52. The summed E-state index contributed by atoms with van der Waals surface area (Å²) in [6.45, 7) is 3.75. The molecule has 4 heteroatoms. The first-order valence-electron chi connectivity index (χ1n) is 4.74. The monoisotopic (exact) mass is 266 g/mol. The van der Waals surface area contributed by atoms with E-state index in [0.717, 1.165) is 15.9 Å². The minimum Gasteiger partial charge on any atom is -0.272 e. The topological polar surface area (TPSA) is 32.7 Å². The lowest BCUT2D eigenvalue weighted by Crippen LogP contribution is -2.25. The van der Waals surface area contributed by atoms with Crippen molar-refractivity contribution in [3.8, 4) is 0 Å². The van der Waals surface area contributed by atoms with Crippen LogP contribution in [0.3, 0.4) is 0 Å². The Hall–Kier alpha value is -1.16. The number of carbonyl (C=O) groups is 1. The minimum absolute atomic E-state index is 0.0330. The summed E-state index contributed by atoms with van der Waals surface area (Å²) in [5.74, 6) is -0.0745. The van der Waals surface area contributed by atoms with Crippen LogP contribution in [0, 0.1) is 5.92 Å². The van der Waals surface area contributed by atoms with E-state index in [-0.39, 0.29) is 11.8 Å². The molecular formula is C11H11BrN2O. The molecule has 1 unspecified atom stereocenters. The SMILES string of the molecule is CC1=NN(c2cccc(Br)c2)C(=O)C1C. The average molecular weight is 267 g/mol. The first kappa shape index (κ1) is 10.4. The summed E-state index contributed by atoms with van der Waals surface area (Å²) in [4.78, 5) is 11.8. The predicted molar refractivity (Wildman–Crippen MR) is 63.9 cm³/mol. The maximum atomic E-state index is 11.8. The van der Waals surface area contributed by atoms with Crippen LogP contribution in [0.4, 0.5) is 5.69 Å². The Morgan fingerprint density at radius 1 is 1.47 bits per heavy atom. The summed E-state index contributed by atoms with van der Waals surface area (Å²) in [7, 11) is 0. The van der Waals surface area contributed by atoms with Gasteiger partial charge in [0.05, 0.1) is 11.6 Å². The minimum atomic E-state index is -0.107. The first-order valence-corrected chi connectivity index (χ1v) is 5.53. The highest BCUT2D eigenvalue weighted by molar-refractivity contribution is 9.10. The van der Waals surface area contributed by atoms with Crippen molar-refractivity contribution in [1.82, 2.24) is 0 Å². The fraction of sp³-hybridized carbons (Fsp3) is 0.273. The summed E-state index contributed by atoms with van der Waals surface area (Å²) in [6, 6.07) is 7.56. The third-order valence-corrected chi connectivity index (χ3v) is 3.01. The largest absolute Gasteiger partial charge is 0.272 e. The van der Waals surface area contributed by atoms with Crippen molar-refractivity contribution in [2.75, 3.05) is 5.01 Å². The van der Waals surface area contributed by atoms with Crippen LogP contribution in [0.25, 0.3) is 0 Å². The second kappa shape index (κ2) is 3.77. The molecular weight excluding hydrogens is 256 g/mol. The van der Waals surface area contributed by atoms with E-state index < -0.39 is 0 Å². The van der Waals surface area contributed by atoms with Gasteiger partial charge in [-0.25, -0.2) is 5.01 Å². The van der Waals surface area contributed by atoms with Gasteiger partial charge in [-0.1, -0.05) is 22.0 Å². The smallest absolute Gasteiger partial charge is 0.255 e. The van der Waals surface area contributed by atoms with Gasteiger partial charge in [0.1, 0.15) is 0 Å². The summed E-state index contributed by atoms with van der Waals surface area (Å²) in [5, 5.41) is 5.70. The van der Waals surface area contributed by atoms with Crippen LogP contribution < -0.4 is 5.01 Å². The van der Waals surface area contributed by atoms with Crippen LogP contribution in [0.1, 0.15) is 13.8 Å². The van der Waals surface area contributed by atoms with E-state index in [2.05, 4.69) is 21.0 Å². The molecule has 3 nitrogen and oxygen atoms in total. The molecule has 0 aromatic heterocycles. The van der Waals surface area contributed by atoms with Gasteiger partial charge in [-0.3, -0.25) is 4.79 Å². The molecule has 0 fully saturated rings. The lowest BCUT2D eigenvalue weighted by atomic mass is 10.1. The van der Waals surface area contributed by atoms with E-state index >= 15 is 0 Å². The number of benzene rings is 1. The second-order valence-electron chi connectivity index (χ2n) is 3.59. The van der Waals surface area contributed by atoms with Gasteiger partial charge >= 0.3 is 0 Å². The predicted octanol–water partition coefficient (Wildman–Crippen LogP) is 2.81. The molecule has 1 heterocycles. The van der Waals surface area contributed by atoms with Gasteiger partial charge in [-0.05, 0) is 32.0 Å². The second-order valence-corrected chi connectivity index (χ2v) is 4.51. The van der Waals surface area contributed by atoms with Crippen molar-refractivity contribution < 1.29 is 4.79 Å². The highest BCUT2D eigenvalue weighted by Gasteiger charge is 2.30. The summed E-state index contributed by atoms with van der Waals surface area (Å²) in [5.41, 5.74) is 1.66. The zero-order valence-corrected chi connectivity index (χ0v) is 10.2. The lowest BCUT2D eigenvalue weighted by molar-refractivity contribution is -0.119. The van der Waals surface area contributed by atoms with Crippen molar-refractivity contribution in [2.24, 2.45) is 11.0 Å². The number of hydrogen-bond donors (Lipinski definition) is 0. The zero-order chi connectivity index (χ0) is 11.0. The molecule has 0 saturated heterocycles. The number of carbonyl (C=O) groups excluding carboxylic acids is 1. The Labute approximate surface area is 96.9 Å². The quantitative estimate of drug-likeness (QED) is 0.770. The van der Waals surface area contributed by atoms with E-state index in [1.807, 2.05) is 38.1 Å². The molecule has 1 amide bonds. The van der Waals surface area contributed by atoms with Crippen molar-refractivity contribution in [1.29, 1.82) is 0 Å². The Morgan fingerprint density at radius 2 is 2.20 bits per heavy atom. The molecule has 1 aromatic carbocycles. The molecule has 78 valence electrons. The number of hydrogen-bond acceptors (Lipinski definition) is 2. The van der Waals surface area contributed by atoms with Crippen molar-refractivity contribution >= 4 is 33.2 Å². The lowest BCUT2D eigenvalue weighted by Gasteiger charge is -2.12. The number of anilines is 1. The van der Waals surface area contributed by atoms with Crippen LogP contribution in [-0.2, 0) is 4.79 Å². The fourth-order valence-electron chi connectivity index (χ4n) is 1.45. The Kier molecular flexibility index (Phi) is 2.61. The zero-order valence-electron chi connectivity index (χ0n) is 8.57. The summed E-state index contributed by atoms with van der Waals surface area (Å²) >= 11 is 3.37. The van der Waals surface area contributed by atoms with Gasteiger partial charge < -0.3 is 0 Å². The van der Waals surface area contributed by atoms with E-state index in [1.165, 1.54) is 5.01 Å². The highest BCUT2D eigenvalue weighted by atomic mass is 79.9. The molecule has 1 aliphatic rings. The molecule has 0 N–H and O–H groups in total. The molecule has 15 heavy (non-hydrogen) atoms. The van der Waals surface area contributed by atoms with Gasteiger partial charge in [0, 0.05) is 10.2 Å². The molecule has 0 spiro atoms. The number of hydrazone groups is 1. The fourth-order valence-corrected chi connectivity index (χ4v) is 1.84. The van der Waals surface area contributed by atoms with Crippen molar-refractivity contribution in [3.63, 3.8) is 0 Å². The standard InChI is InChI=1S/C11H11BrN2O/c1-7-8(2)13-14(11(7)15)10-5-3-4-9(12)6-10/h3-7H,1-2H3. The van der Waals surface area contributed by atoms with Gasteiger partial charge in [0.25, 0.3) is 5.91 Å². The van der Waals surface area contributed by atoms with E-state index in [1.54, 1.807) is 0 Å². The first-order chi connectivity index (χ1) is 7.09. The van der Waals surface area contributed by atoms with Crippen LogP contribution in [0.5, 0.6) is 0 Å². The normalized spacial score (nSPS) is 20.7. The van der Waals surface area contributed by atoms with E-state index in [0.29, 0.717) is 0 Å². The molecule has 0 aliphatic carbocycles. The van der Waals surface area contributed by atoms with Crippen LogP contribution in [-0.4, -0.2) is 11.6 Å². The van der Waals surface area contributed by atoms with E-state index in [9.17, 15) is 4.79 Å². The van der Waals surface area contributed by atoms with Crippen LogP contribution in [0.15, 0.2) is 33.8 Å². The molecule has 1 aromatic rings. The van der Waals surface area contributed by atoms with Crippen molar-refractivity contribution in [3.05, 3.63) is 28.7 Å². The Bertz CT molecular complexity index is 442. The molecule has 0 saturated carbocycles. The van der Waals surface area contributed by atoms with Crippen LogP contribution >= 0.6 is 15.9 Å². The van der Waals surface area contributed by atoms with Crippen LogP contribution in [0.2, 0.25) is 0 Å². The molecule has 2 rings (SSSR count). The van der Waals surface area contributed by atoms with Gasteiger partial charge in [-0.15, -0.1) is 0 Å². The van der Waals surface area contributed by atoms with Crippen molar-refractivity contribution in [2.45, 2.75) is 13.8 Å². The molecule has 1 atom stereocenters. The third kappa shape index (κ3) is 1.81. The maximum Gasteiger partial charge on any atom is 0.255 e. The number of halogens is 1. The molecule has 0 bridgehead atoms. The maximum absolute atomic E-state index is 11.8. The molecule has 1 aliphatic heterocycles. The van der Waals surface area contributed by atoms with Gasteiger partial charge in [0.2, 0.25) is 0 Å². The Balaban J connectivity index is 2.37. The van der Waals surface area contributed by atoms with E-state index in [4.69, 9.17) is 0 Å². The Morgan fingerprint density at radius 3 is 2.73 bits per heavy atom. The average Bonchev–Trinajstić information content (AvgIpc) is 2.46. The van der Waals surface area contributed by atoms with Gasteiger partial charge in [0.15, 0.2) is 0 Å². The summed E-state index contributed by atoms with van der Waals surface area (Å²) in [6.07, 6.45) is 0. The summed E-state index contributed by atoms with van der Waals surface area (Å²) < 4.78 is 0.945. The molecule has 0 radical (unpaired) electrons. The number of nitrogens with zero attached hydrogens (tertiary/aromatic N) is 2. The number of rotatable bonds is 1. The number of amides is 1. The highest BCUT2D eigenvalue weighted by Crippen LogP contribution is 2.25. The van der Waals surface area contributed by atoms with Gasteiger partial charge in [-0.2, -0.15) is 5.10 Å².